The minimum absolute atomic E-state index is 0.234. The molecule has 0 saturated heterocycles. The minimum atomic E-state index is -0.266. The van der Waals surface area contributed by atoms with E-state index in [2.05, 4.69) is 0 Å². The Morgan fingerprint density at radius 2 is 2.00 bits per heavy atom. The largest absolute Gasteiger partial charge is 0.330 e. The molecule has 0 saturated carbocycles. The molecule has 3 heteroatoms. The quantitative estimate of drug-likeness (QED) is 0.600. The lowest BCUT2D eigenvalue weighted by Crippen LogP contribution is -2.38. The summed E-state index contributed by atoms with van der Waals surface area (Å²) in [5, 5.41) is 8.11. The van der Waals surface area contributed by atoms with Crippen molar-refractivity contribution in [2.24, 2.45) is 5.41 Å². The van der Waals surface area contributed by atoms with E-state index in [-0.39, 0.29) is 11.2 Å². The molecule has 0 atom stereocenters. The second-order valence-electron chi connectivity index (χ2n) is 4.82. The highest BCUT2D eigenvalue weighted by Crippen LogP contribution is 2.23. The van der Waals surface area contributed by atoms with Gasteiger partial charge in [0.05, 0.1) is 0 Å². The van der Waals surface area contributed by atoms with Gasteiger partial charge < -0.3 is 4.90 Å². The first-order chi connectivity index (χ1) is 7.36. The average molecular weight is 222 g/mol. The Hall–Kier alpha value is -1.38. The number of anilines is 1. The second kappa shape index (κ2) is 4.64. The van der Waals surface area contributed by atoms with Crippen LogP contribution in [0.4, 0.5) is 10.1 Å². The Morgan fingerprint density at radius 3 is 2.44 bits per heavy atom. The maximum absolute atomic E-state index is 13.1. The molecule has 2 nitrogen and oxygen atoms in total. The summed E-state index contributed by atoms with van der Waals surface area (Å²) >= 11 is 0. The molecule has 0 aliphatic carbocycles. The number of rotatable bonds is 2. The predicted molar refractivity (Wildman–Crippen MR) is 66.6 cm³/mol. The van der Waals surface area contributed by atoms with Crippen molar-refractivity contribution in [1.82, 2.24) is 0 Å². The van der Waals surface area contributed by atoms with E-state index in [1.807, 2.05) is 38.7 Å². The smallest absolute Gasteiger partial charge is 0.125 e. The summed E-state index contributed by atoms with van der Waals surface area (Å²) in [6, 6.07) is 6.37. The molecule has 0 aromatic heterocycles. The lowest BCUT2D eigenvalue weighted by atomic mass is 9.93. The van der Waals surface area contributed by atoms with Crippen LogP contribution in [0.5, 0.6) is 0 Å². The zero-order valence-corrected chi connectivity index (χ0v) is 10.3. The van der Waals surface area contributed by atoms with E-state index in [1.54, 1.807) is 6.07 Å². The van der Waals surface area contributed by atoms with Crippen molar-refractivity contribution >= 4 is 11.5 Å². The van der Waals surface area contributed by atoms with Gasteiger partial charge in [-0.1, -0.05) is 26.8 Å². The van der Waals surface area contributed by atoms with Crippen LogP contribution in [0.15, 0.2) is 24.3 Å². The van der Waals surface area contributed by atoms with Crippen LogP contribution in [-0.2, 0) is 0 Å². The Bertz CT molecular complexity index is 380. The maximum atomic E-state index is 13.1. The molecule has 0 spiro atoms. The monoisotopic (exact) mass is 222 g/mol. The molecule has 1 rings (SSSR count). The highest BCUT2D eigenvalue weighted by atomic mass is 19.1. The molecule has 0 heterocycles. The fourth-order valence-electron chi connectivity index (χ4n) is 1.52. The first-order valence-corrected chi connectivity index (χ1v) is 5.48. The molecule has 1 aromatic rings. The minimum Gasteiger partial charge on any atom is -0.330 e. The summed E-state index contributed by atoms with van der Waals surface area (Å²) in [6.45, 7) is 8.58. The summed E-state index contributed by atoms with van der Waals surface area (Å²) in [5.74, 6) is 0.234. The van der Waals surface area contributed by atoms with Crippen LogP contribution < -0.4 is 4.90 Å². The normalized spacial score (nSPS) is 11.3. The molecule has 0 radical (unpaired) electrons. The van der Waals surface area contributed by atoms with Gasteiger partial charge in [-0.05, 0) is 25.1 Å². The van der Waals surface area contributed by atoms with E-state index in [4.69, 9.17) is 5.41 Å². The van der Waals surface area contributed by atoms with Gasteiger partial charge in [-0.2, -0.15) is 0 Å². The van der Waals surface area contributed by atoms with Crippen molar-refractivity contribution in [1.29, 1.82) is 5.41 Å². The fraction of sp³-hybridized carbons (Fsp3) is 0.462. The van der Waals surface area contributed by atoms with Crippen LogP contribution in [0.2, 0.25) is 0 Å². The third-order valence-electron chi connectivity index (χ3n) is 2.42. The van der Waals surface area contributed by atoms with Gasteiger partial charge in [-0.15, -0.1) is 0 Å². The van der Waals surface area contributed by atoms with E-state index < -0.39 is 0 Å². The van der Waals surface area contributed by atoms with Crippen LogP contribution >= 0.6 is 0 Å². The lowest BCUT2D eigenvalue weighted by Gasteiger charge is -2.31. The third kappa shape index (κ3) is 2.81. The van der Waals surface area contributed by atoms with Crippen LogP contribution in [0, 0.1) is 16.6 Å². The zero-order valence-electron chi connectivity index (χ0n) is 10.3. The van der Waals surface area contributed by atoms with Crippen molar-refractivity contribution < 1.29 is 4.39 Å². The van der Waals surface area contributed by atoms with Gasteiger partial charge in [0.15, 0.2) is 0 Å². The number of nitrogens with zero attached hydrogens (tertiary/aromatic N) is 1. The first-order valence-electron chi connectivity index (χ1n) is 5.48. The molecule has 0 fully saturated rings. The molecule has 0 bridgehead atoms. The average Bonchev–Trinajstić information content (AvgIpc) is 2.17. The van der Waals surface area contributed by atoms with Crippen molar-refractivity contribution in [3.63, 3.8) is 0 Å². The van der Waals surface area contributed by atoms with E-state index in [9.17, 15) is 4.39 Å². The Balaban J connectivity index is 3.04. The number of hydrogen-bond acceptors (Lipinski definition) is 1. The van der Waals surface area contributed by atoms with Gasteiger partial charge >= 0.3 is 0 Å². The number of halogens is 1. The molecule has 88 valence electrons. The second-order valence-corrected chi connectivity index (χ2v) is 4.82. The summed E-state index contributed by atoms with van der Waals surface area (Å²) in [4.78, 5) is 1.82. The highest BCUT2D eigenvalue weighted by molar-refractivity contribution is 5.98. The van der Waals surface area contributed by atoms with Crippen molar-refractivity contribution in [3.05, 3.63) is 30.1 Å². The van der Waals surface area contributed by atoms with Crippen molar-refractivity contribution in [2.75, 3.05) is 11.4 Å². The van der Waals surface area contributed by atoms with Gasteiger partial charge in [0, 0.05) is 17.6 Å². The Labute approximate surface area is 96.6 Å². The first kappa shape index (κ1) is 12.7. The van der Waals surface area contributed by atoms with Gasteiger partial charge in [-0.25, -0.2) is 4.39 Å². The summed E-state index contributed by atoms with van der Waals surface area (Å²) in [7, 11) is 0. The molecule has 0 aliphatic heterocycles. The molecule has 0 aliphatic rings. The highest BCUT2D eigenvalue weighted by Gasteiger charge is 2.23. The number of hydrogen-bond donors (Lipinski definition) is 1. The standard InChI is InChI=1S/C13H19FN2/c1-5-16(12(15)13(2,3)4)11-8-6-7-10(14)9-11/h6-9,15H,5H2,1-4H3. The van der Waals surface area contributed by atoms with E-state index in [1.165, 1.54) is 12.1 Å². The van der Waals surface area contributed by atoms with E-state index in [0.29, 0.717) is 12.4 Å². The molecule has 1 aromatic carbocycles. The summed E-state index contributed by atoms with van der Waals surface area (Å²) < 4.78 is 13.1. The van der Waals surface area contributed by atoms with Crippen LogP contribution in [0.3, 0.4) is 0 Å². The topological polar surface area (TPSA) is 27.1 Å². The number of nitrogens with one attached hydrogen (secondary N) is 1. The molecule has 1 N–H and O–H groups in total. The van der Waals surface area contributed by atoms with Crippen molar-refractivity contribution in [3.8, 4) is 0 Å². The summed E-state index contributed by atoms with van der Waals surface area (Å²) in [5.41, 5.74) is 0.505. The molecular weight excluding hydrogens is 203 g/mol. The molecule has 0 amide bonds. The Kier molecular flexibility index (Phi) is 3.68. The molecule has 16 heavy (non-hydrogen) atoms. The van der Waals surface area contributed by atoms with Gasteiger partial charge in [-0.3, -0.25) is 5.41 Å². The number of benzene rings is 1. The number of amidine groups is 1. The van der Waals surface area contributed by atoms with E-state index >= 15 is 0 Å². The van der Waals surface area contributed by atoms with Crippen LogP contribution in [0.1, 0.15) is 27.7 Å². The predicted octanol–water partition coefficient (Wildman–Crippen LogP) is 3.68. The van der Waals surface area contributed by atoms with Gasteiger partial charge in [0.25, 0.3) is 0 Å². The summed E-state index contributed by atoms with van der Waals surface area (Å²) in [6.07, 6.45) is 0. The van der Waals surface area contributed by atoms with Crippen molar-refractivity contribution in [2.45, 2.75) is 27.7 Å². The van der Waals surface area contributed by atoms with E-state index in [0.717, 1.165) is 5.69 Å². The van der Waals surface area contributed by atoms with Crippen LogP contribution in [-0.4, -0.2) is 12.4 Å². The van der Waals surface area contributed by atoms with Gasteiger partial charge in [0.2, 0.25) is 0 Å². The fourth-order valence-corrected chi connectivity index (χ4v) is 1.52. The lowest BCUT2D eigenvalue weighted by molar-refractivity contribution is 0.572. The molecular formula is C13H19FN2. The zero-order chi connectivity index (χ0) is 12.3. The SMILES string of the molecule is CCN(C(=N)C(C)(C)C)c1cccc(F)c1. The molecule has 0 unspecified atom stereocenters. The van der Waals surface area contributed by atoms with Gasteiger partial charge in [0.1, 0.15) is 11.7 Å². The van der Waals surface area contributed by atoms with Crippen LogP contribution in [0.25, 0.3) is 0 Å². The third-order valence-corrected chi connectivity index (χ3v) is 2.42. The Morgan fingerprint density at radius 1 is 1.38 bits per heavy atom. The maximum Gasteiger partial charge on any atom is 0.125 e.